The van der Waals surface area contributed by atoms with Gasteiger partial charge in [0.25, 0.3) is 5.91 Å². The monoisotopic (exact) mass is 398 g/mol. The van der Waals surface area contributed by atoms with E-state index >= 15 is 0 Å². The zero-order chi connectivity index (χ0) is 19.6. The lowest BCUT2D eigenvalue weighted by molar-refractivity contribution is 0.0935. The standard InChI is InChI=1S/C22H26N2O3S/c1-22(14-16-5-3-2-4-6-16)20-13-18(9-10-19(20)21(25)24-22)27-12-11-23-28(26)15-17-7-8-17/h2-6,9-10,13,17,23H,7-8,11-12,14-15H2,1H3,(H,24,25). The summed E-state index contributed by atoms with van der Waals surface area (Å²) in [7, 11) is 0. The van der Waals surface area contributed by atoms with E-state index in [-0.39, 0.29) is 5.91 Å². The van der Waals surface area contributed by atoms with Crippen LogP contribution in [0.15, 0.2) is 48.5 Å². The second kappa shape index (κ2) is 8.15. The highest BCUT2D eigenvalue weighted by Gasteiger charge is 2.39. The van der Waals surface area contributed by atoms with E-state index in [1.165, 1.54) is 18.4 Å². The number of nitrogens with one attached hydrogen (secondary N) is 2. The normalized spacial score (nSPS) is 21.9. The van der Waals surface area contributed by atoms with Crippen LogP contribution in [0.25, 0.3) is 0 Å². The van der Waals surface area contributed by atoms with Crippen LogP contribution in [-0.2, 0) is 23.3 Å². The molecule has 2 aromatic carbocycles. The molecule has 2 atom stereocenters. The summed E-state index contributed by atoms with van der Waals surface area (Å²) in [5.74, 6) is 2.06. The predicted octanol–water partition coefficient (Wildman–Crippen LogP) is 2.93. The highest BCUT2D eigenvalue weighted by Crippen LogP contribution is 2.36. The summed E-state index contributed by atoms with van der Waals surface area (Å²) in [5, 5.41) is 3.13. The Morgan fingerprint density at radius 3 is 2.79 bits per heavy atom. The number of carbonyl (C=O) groups is 1. The van der Waals surface area contributed by atoms with E-state index in [0.29, 0.717) is 24.6 Å². The highest BCUT2D eigenvalue weighted by atomic mass is 32.2. The second-order valence-corrected chi connectivity index (χ2v) is 9.17. The van der Waals surface area contributed by atoms with E-state index in [2.05, 4.69) is 29.1 Å². The first-order valence-corrected chi connectivity index (χ1v) is 11.1. The zero-order valence-corrected chi connectivity index (χ0v) is 16.9. The molecule has 0 bridgehead atoms. The largest absolute Gasteiger partial charge is 0.598 e. The molecule has 4 rings (SSSR count). The molecule has 0 radical (unpaired) electrons. The molecule has 28 heavy (non-hydrogen) atoms. The first-order valence-electron chi connectivity index (χ1n) is 9.79. The van der Waals surface area contributed by atoms with Crippen LogP contribution in [0.4, 0.5) is 0 Å². The van der Waals surface area contributed by atoms with Gasteiger partial charge in [-0.15, -0.1) is 4.72 Å². The minimum Gasteiger partial charge on any atom is -0.598 e. The summed E-state index contributed by atoms with van der Waals surface area (Å²) >= 11 is -0.970. The summed E-state index contributed by atoms with van der Waals surface area (Å²) in [6.45, 7) is 3.02. The minimum atomic E-state index is -0.970. The van der Waals surface area contributed by atoms with Crippen LogP contribution in [0, 0.1) is 5.92 Å². The molecule has 2 aliphatic rings. The van der Waals surface area contributed by atoms with E-state index in [0.717, 1.165) is 23.5 Å². The minimum absolute atomic E-state index is 0.0443. The SMILES string of the molecule is CC1(Cc2ccccc2)NC(=O)c2ccc(OCCN[S+]([O-])CC3CC3)cc21. The van der Waals surface area contributed by atoms with Crippen molar-refractivity contribution in [3.63, 3.8) is 0 Å². The van der Waals surface area contributed by atoms with Gasteiger partial charge in [0.15, 0.2) is 0 Å². The van der Waals surface area contributed by atoms with Crippen molar-refractivity contribution in [1.29, 1.82) is 0 Å². The van der Waals surface area contributed by atoms with Crippen LogP contribution in [0.1, 0.15) is 41.3 Å². The lowest BCUT2D eigenvalue weighted by Crippen LogP contribution is -2.38. The highest BCUT2D eigenvalue weighted by molar-refractivity contribution is 7.89. The lowest BCUT2D eigenvalue weighted by Gasteiger charge is -2.26. The van der Waals surface area contributed by atoms with E-state index < -0.39 is 16.9 Å². The topological polar surface area (TPSA) is 73.4 Å². The van der Waals surface area contributed by atoms with Crippen LogP contribution in [0.3, 0.4) is 0 Å². The molecule has 1 amide bonds. The van der Waals surface area contributed by atoms with Gasteiger partial charge in [-0.3, -0.25) is 4.79 Å². The number of carbonyl (C=O) groups excluding carboxylic acids is 1. The molecule has 0 aromatic heterocycles. The summed E-state index contributed by atoms with van der Waals surface area (Å²) in [5.41, 5.74) is 2.38. The molecule has 2 N–H and O–H groups in total. The number of hydrogen-bond donors (Lipinski definition) is 2. The van der Waals surface area contributed by atoms with Crippen molar-refractivity contribution in [2.45, 2.75) is 31.7 Å². The van der Waals surface area contributed by atoms with Crippen LogP contribution in [0.2, 0.25) is 0 Å². The Bertz CT molecular complexity index is 841. The van der Waals surface area contributed by atoms with Crippen molar-refractivity contribution in [1.82, 2.24) is 10.0 Å². The Labute approximate surface area is 169 Å². The third kappa shape index (κ3) is 4.51. The molecule has 5 nitrogen and oxygen atoms in total. The fraction of sp³-hybridized carbons (Fsp3) is 0.409. The summed E-state index contributed by atoms with van der Waals surface area (Å²) in [6.07, 6.45) is 3.12. The Morgan fingerprint density at radius 2 is 2.04 bits per heavy atom. The van der Waals surface area contributed by atoms with Gasteiger partial charge in [0.1, 0.15) is 18.1 Å². The molecule has 1 saturated carbocycles. The van der Waals surface area contributed by atoms with Gasteiger partial charge in [0, 0.05) is 22.8 Å². The number of ether oxygens (including phenoxy) is 1. The predicted molar refractivity (Wildman–Crippen MR) is 111 cm³/mol. The molecule has 2 unspecified atom stereocenters. The maximum atomic E-state index is 12.4. The van der Waals surface area contributed by atoms with Crippen LogP contribution < -0.4 is 14.8 Å². The molecule has 6 heteroatoms. The number of benzene rings is 2. The van der Waals surface area contributed by atoms with Crippen molar-refractivity contribution in [2.75, 3.05) is 18.9 Å². The Morgan fingerprint density at radius 1 is 1.25 bits per heavy atom. The Balaban J connectivity index is 1.39. The van der Waals surface area contributed by atoms with Gasteiger partial charge in [-0.2, -0.15) is 0 Å². The smallest absolute Gasteiger partial charge is 0.252 e. The van der Waals surface area contributed by atoms with E-state index in [4.69, 9.17) is 4.74 Å². The average molecular weight is 399 g/mol. The first-order chi connectivity index (χ1) is 13.5. The molecule has 2 aromatic rings. The molecule has 1 aliphatic carbocycles. The van der Waals surface area contributed by atoms with E-state index in [9.17, 15) is 9.35 Å². The summed E-state index contributed by atoms with van der Waals surface area (Å²) < 4.78 is 20.7. The van der Waals surface area contributed by atoms with Crippen LogP contribution in [0.5, 0.6) is 5.75 Å². The molecule has 1 heterocycles. The second-order valence-electron chi connectivity index (χ2n) is 7.85. The van der Waals surface area contributed by atoms with Crippen molar-refractivity contribution >= 4 is 17.3 Å². The van der Waals surface area contributed by atoms with Crippen LogP contribution >= 0.6 is 0 Å². The third-order valence-corrected chi connectivity index (χ3v) is 6.64. The number of rotatable bonds is 9. The maximum absolute atomic E-state index is 12.4. The average Bonchev–Trinajstić information content (AvgIpc) is 3.45. The molecular weight excluding hydrogens is 372 g/mol. The number of amides is 1. The fourth-order valence-corrected chi connectivity index (χ4v) is 4.87. The lowest BCUT2D eigenvalue weighted by atomic mass is 9.86. The zero-order valence-electron chi connectivity index (χ0n) is 16.1. The maximum Gasteiger partial charge on any atom is 0.252 e. The fourth-order valence-electron chi connectivity index (χ4n) is 3.68. The molecule has 0 saturated heterocycles. The molecule has 0 spiro atoms. The molecule has 1 aliphatic heterocycles. The van der Waals surface area contributed by atoms with Gasteiger partial charge < -0.3 is 14.6 Å². The van der Waals surface area contributed by atoms with Crippen molar-refractivity contribution in [3.8, 4) is 5.75 Å². The number of hydrogen-bond acceptors (Lipinski definition) is 4. The quantitative estimate of drug-likeness (QED) is 0.503. The molecule has 148 valence electrons. The molecular formula is C22H26N2O3S. The van der Waals surface area contributed by atoms with Gasteiger partial charge in [0.05, 0.1) is 12.1 Å². The van der Waals surface area contributed by atoms with Crippen LogP contribution in [-0.4, -0.2) is 29.4 Å². The van der Waals surface area contributed by atoms with E-state index in [1.54, 1.807) is 0 Å². The van der Waals surface area contributed by atoms with Gasteiger partial charge >= 0.3 is 0 Å². The van der Waals surface area contributed by atoms with Gasteiger partial charge in [0.2, 0.25) is 0 Å². The van der Waals surface area contributed by atoms with Crippen molar-refractivity contribution in [2.24, 2.45) is 5.92 Å². The third-order valence-electron chi connectivity index (χ3n) is 5.34. The summed E-state index contributed by atoms with van der Waals surface area (Å²) in [4.78, 5) is 12.4. The first kappa shape index (κ1) is 19.3. The van der Waals surface area contributed by atoms with Crippen molar-refractivity contribution < 1.29 is 14.1 Å². The van der Waals surface area contributed by atoms with Gasteiger partial charge in [-0.25, -0.2) is 0 Å². The number of fused-ring (bicyclic) bond motifs is 1. The van der Waals surface area contributed by atoms with Gasteiger partial charge in [-0.1, -0.05) is 30.3 Å². The Hall–Kier alpha value is -2.02. The Kier molecular flexibility index (Phi) is 5.62. The van der Waals surface area contributed by atoms with E-state index in [1.807, 2.05) is 36.4 Å². The van der Waals surface area contributed by atoms with Gasteiger partial charge in [-0.05, 0) is 55.5 Å². The molecule has 1 fully saturated rings. The van der Waals surface area contributed by atoms with Crippen molar-refractivity contribution in [3.05, 3.63) is 65.2 Å². The summed E-state index contributed by atoms with van der Waals surface area (Å²) in [6, 6.07) is 15.8.